The lowest BCUT2D eigenvalue weighted by Gasteiger charge is -2.09. The number of aromatic nitrogens is 3. The standard InChI is InChI=1S/C23H19ClN4O/c1-15-8-6-9-16(2)20(15)25-23(29)21-26-22(17-10-7-11-18(24)14-17)28(27-21)19-12-4-3-5-13-19/h3-14H,1-2H3,(H,25,29). The molecule has 29 heavy (non-hydrogen) atoms. The Bertz CT molecular complexity index is 1160. The summed E-state index contributed by atoms with van der Waals surface area (Å²) in [4.78, 5) is 17.5. The summed E-state index contributed by atoms with van der Waals surface area (Å²) in [5, 5.41) is 8.03. The first kappa shape index (κ1) is 18.9. The Balaban J connectivity index is 1.78. The van der Waals surface area contributed by atoms with Crippen LogP contribution in [-0.2, 0) is 0 Å². The van der Waals surface area contributed by atoms with Gasteiger partial charge in [0.05, 0.1) is 5.69 Å². The highest BCUT2D eigenvalue weighted by Crippen LogP contribution is 2.25. The van der Waals surface area contributed by atoms with E-state index in [1.165, 1.54) is 0 Å². The predicted molar refractivity (Wildman–Crippen MR) is 116 cm³/mol. The number of benzene rings is 3. The fourth-order valence-electron chi connectivity index (χ4n) is 3.15. The second kappa shape index (κ2) is 7.89. The maximum Gasteiger partial charge on any atom is 0.295 e. The van der Waals surface area contributed by atoms with E-state index in [2.05, 4.69) is 15.4 Å². The van der Waals surface area contributed by atoms with Crippen molar-refractivity contribution in [2.45, 2.75) is 13.8 Å². The Labute approximate surface area is 174 Å². The molecule has 0 saturated carbocycles. The van der Waals surface area contributed by atoms with Crippen molar-refractivity contribution in [3.8, 4) is 17.1 Å². The van der Waals surface area contributed by atoms with Crippen LogP contribution < -0.4 is 5.32 Å². The van der Waals surface area contributed by atoms with Gasteiger partial charge in [0, 0.05) is 16.3 Å². The van der Waals surface area contributed by atoms with Gasteiger partial charge in [-0.05, 0) is 49.2 Å². The number of anilines is 1. The van der Waals surface area contributed by atoms with Crippen LogP contribution in [0.5, 0.6) is 0 Å². The summed E-state index contributed by atoms with van der Waals surface area (Å²) in [7, 11) is 0. The first-order valence-corrected chi connectivity index (χ1v) is 9.57. The van der Waals surface area contributed by atoms with Crippen LogP contribution in [0.3, 0.4) is 0 Å². The zero-order valence-electron chi connectivity index (χ0n) is 16.1. The Hall–Kier alpha value is -3.44. The third-order valence-corrected chi connectivity index (χ3v) is 4.85. The van der Waals surface area contributed by atoms with Crippen molar-refractivity contribution in [3.05, 3.63) is 94.8 Å². The normalized spacial score (nSPS) is 10.7. The fourth-order valence-corrected chi connectivity index (χ4v) is 3.34. The molecule has 4 aromatic rings. The number of aryl methyl sites for hydroxylation is 2. The van der Waals surface area contributed by atoms with E-state index in [9.17, 15) is 4.79 Å². The van der Waals surface area contributed by atoms with Crippen molar-refractivity contribution in [3.63, 3.8) is 0 Å². The first-order valence-electron chi connectivity index (χ1n) is 9.19. The van der Waals surface area contributed by atoms with E-state index in [0.29, 0.717) is 10.8 Å². The van der Waals surface area contributed by atoms with Gasteiger partial charge in [0.2, 0.25) is 5.82 Å². The van der Waals surface area contributed by atoms with Crippen molar-refractivity contribution < 1.29 is 4.79 Å². The van der Waals surface area contributed by atoms with E-state index in [4.69, 9.17) is 11.6 Å². The van der Waals surface area contributed by atoms with Crippen LogP contribution >= 0.6 is 11.6 Å². The second-order valence-corrected chi connectivity index (χ2v) is 7.17. The Morgan fingerprint density at radius 1 is 0.931 bits per heavy atom. The van der Waals surface area contributed by atoms with Crippen molar-refractivity contribution in [2.75, 3.05) is 5.32 Å². The molecule has 0 aliphatic heterocycles. The van der Waals surface area contributed by atoms with E-state index in [-0.39, 0.29) is 11.7 Å². The molecule has 1 aromatic heterocycles. The molecule has 0 aliphatic rings. The molecule has 1 amide bonds. The summed E-state index contributed by atoms with van der Waals surface area (Å²) >= 11 is 6.17. The largest absolute Gasteiger partial charge is 0.319 e. The predicted octanol–water partition coefficient (Wildman–Crippen LogP) is 5.46. The van der Waals surface area contributed by atoms with E-state index in [1.807, 2.05) is 74.5 Å². The van der Waals surface area contributed by atoms with Gasteiger partial charge in [0.15, 0.2) is 5.82 Å². The number of nitrogens with zero attached hydrogens (tertiary/aromatic N) is 3. The molecular weight excluding hydrogens is 384 g/mol. The quantitative estimate of drug-likeness (QED) is 0.493. The highest BCUT2D eigenvalue weighted by Gasteiger charge is 2.20. The molecule has 0 bridgehead atoms. The lowest BCUT2D eigenvalue weighted by atomic mass is 10.1. The average molecular weight is 403 g/mol. The first-order chi connectivity index (χ1) is 14.0. The maximum atomic E-state index is 12.9. The number of hydrogen-bond acceptors (Lipinski definition) is 3. The average Bonchev–Trinajstić information content (AvgIpc) is 3.17. The van der Waals surface area contributed by atoms with Crippen molar-refractivity contribution in [1.82, 2.24) is 14.8 Å². The van der Waals surface area contributed by atoms with Crippen LogP contribution in [0.4, 0.5) is 5.69 Å². The summed E-state index contributed by atoms with van der Waals surface area (Å²) in [6.45, 7) is 3.91. The number of hydrogen-bond donors (Lipinski definition) is 1. The van der Waals surface area contributed by atoms with Gasteiger partial charge in [-0.2, -0.15) is 0 Å². The maximum absolute atomic E-state index is 12.9. The van der Waals surface area contributed by atoms with Crippen LogP contribution in [0.2, 0.25) is 5.02 Å². The number of para-hydroxylation sites is 2. The molecule has 6 heteroatoms. The van der Waals surface area contributed by atoms with Gasteiger partial charge < -0.3 is 5.32 Å². The zero-order chi connectivity index (χ0) is 20.4. The summed E-state index contributed by atoms with van der Waals surface area (Å²) in [6.07, 6.45) is 0. The van der Waals surface area contributed by atoms with Gasteiger partial charge in [0.1, 0.15) is 0 Å². The molecule has 0 aliphatic carbocycles. The van der Waals surface area contributed by atoms with Crippen molar-refractivity contribution in [2.24, 2.45) is 0 Å². The number of halogens is 1. The fraction of sp³-hybridized carbons (Fsp3) is 0.0870. The Kier molecular flexibility index (Phi) is 5.14. The van der Waals surface area contributed by atoms with E-state index < -0.39 is 0 Å². The number of carbonyl (C=O) groups is 1. The second-order valence-electron chi connectivity index (χ2n) is 6.74. The molecule has 0 atom stereocenters. The third-order valence-electron chi connectivity index (χ3n) is 4.61. The lowest BCUT2D eigenvalue weighted by molar-refractivity contribution is 0.101. The summed E-state index contributed by atoms with van der Waals surface area (Å²) in [6, 6.07) is 22.8. The van der Waals surface area contributed by atoms with Crippen molar-refractivity contribution in [1.29, 1.82) is 0 Å². The van der Waals surface area contributed by atoms with Gasteiger partial charge in [0.25, 0.3) is 5.91 Å². The topological polar surface area (TPSA) is 59.8 Å². The van der Waals surface area contributed by atoms with Crippen LogP contribution in [0.1, 0.15) is 21.7 Å². The minimum atomic E-state index is -0.361. The summed E-state index contributed by atoms with van der Waals surface area (Å²) in [5.74, 6) is 0.275. The molecule has 5 nitrogen and oxygen atoms in total. The van der Waals surface area contributed by atoms with Gasteiger partial charge >= 0.3 is 0 Å². The van der Waals surface area contributed by atoms with Crippen molar-refractivity contribution >= 4 is 23.2 Å². The third kappa shape index (κ3) is 3.91. The van der Waals surface area contributed by atoms with Gasteiger partial charge in [-0.1, -0.05) is 60.1 Å². The lowest BCUT2D eigenvalue weighted by Crippen LogP contribution is -2.16. The number of amides is 1. The summed E-state index contributed by atoms with van der Waals surface area (Å²) in [5.41, 5.74) is 4.32. The molecule has 0 fully saturated rings. The van der Waals surface area contributed by atoms with Gasteiger partial charge in [-0.3, -0.25) is 4.79 Å². The van der Waals surface area contributed by atoms with E-state index in [0.717, 1.165) is 28.1 Å². The Morgan fingerprint density at radius 3 is 2.31 bits per heavy atom. The molecule has 0 saturated heterocycles. The molecule has 4 rings (SSSR count). The smallest absolute Gasteiger partial charge is 0.295 e. The Morgan fingerprint density at radius 2 is 1.62 bits per heavy atom. The highest BCUT2D eigenvalue weighted by molar-refractivity contribution is 6.30. The van der Waals surface area contributed by atoms with E-state index >= 15 is 0 Å². The minimum absolute atomic E-state index is 0.0893. The van der Waals surface area contributed by atoms with Gasteiger partial charge in [-0.25, -0.2) is 9.67 Å². The zero-order valence-corrected chi connectivity index (χ0v) is 16.8. The van der Waals surface area contributed by atoms with Crippen LogP contribution in [-0.4, -0.2) is 20.7 Å². The van der Waals surface area contributed by atoms with Crippen LogP contribution in [0.25, 0.3) is 17.1 Å². The minimum Gasteiger partial charge on any atom is -0.319 e. The van der Waals surface area contributed by atoms with Crippen LogP contribution in [0, 0.1) is 13.8 Å². The molecule has 1 N–H and O–H groups in total. The number of nitrogens with one attached hydrogen (secondary N) is 1. The molecule has 0 unspecified atom stereocenters. The highest BCUT2D eigenvalue weighted by atomic mass is 35.5. The monoisotopic (exact) mass is 402 g/mol. The molecule has 144 valence electrons. The molecule has 3 aromatic carbocycles. The van der Waals surface area contributed by atoms with E-state index in [1.54, 1.807) is 16.8 Å². The molecule has 1 heterocycles. The molecule has 0 spiro atoms. The van der Waals surface area contributed by atoms with Gasteiger partial charge in [-0.15, -0.1) is 5.10 Å². The van der Waals surface area contributed by atoms with Crippen LogP contribution in [0.15, 0.2) is 72.8 Å². The summed E-state index contributed by atoms with van der Waals surface area (Å²) < 4.78 is 1.66. The molecular formula is C23H19ClN4O. The number of rotatable bonds is 4. The number of carbonyl (C=O) groups excluding carboxylic acids is 1. The SMILES string of the molecule is Cc1cccc(C)c1NC(=O)c1nc(-c2cccc(Cl)c2)n(-c2ccccc2)n1. The molecule has 0 radical (unpaired) electrons.